The lowest BCUT2D eigenvalue weighted by molar-refractivity contribution is 0.0989. The van der Waals surface area contributed by atoms with E-state index in [2.05, 4.69) is 34.3 Å². The minimum Gasteiger partial charge on any atom is -0.377 e. The standard InChI is InChI=1S/C18H25N3O2S/c1-6-8-15(7-2)17-11-16(21-9-10-23-13-14(21)3)12-18(19-17)20-24(4,5)22/h6-8,11-12,14H,1-2,9-10,13H2,3-5H3/b15-8+/t14-/m1/s1. The molecule has 6 heteroatoms. The summed E-state index contributed by atoms with van der Waals surface area (Å²) in [5, 5.41) is 0. The molecule has 1 aromatic rings. The van der Waals surface area contributed by atoms with Crippen LogP contribution in [-0.2, 0) is 14.5 Å². The molecule has 0 bridgehead atoms. The number of morpholine rings is 1. The van der Waals surface area contributed by atoms with Gasteiger partial charge in [-0.25, -0.2) is 9.19 Å². The van der Waals surface area contributed by atoms with Crippen LogP contribution in [0.15, 0.2) is 47.9 Å². The number of anilines is 1. The van der Waals surface area contributed by atoms with Crippen LogP contribution in [0.5, 0.6) is 0 Å². The van der Waals surface area contributed by atoms with Crippen molar-refractivity contribution in [3.05, 3.63) is 49.2 Å². The van der Waals surface area contributed by atoms with E-state index in [9.17, 15) is 4.21 Å². The highest BCUT2D eigenvalue weighted by molar-refractivity contribution is 7.92. The van der Waals surface area contributed by atoms with Crippen molar-refractivity contribution >= 4 is 26.8 Å². The van der Waals surface area contributed by atoms with Gasteiger partial charge >= 0.3 is 0 Å². The first-order valence-electron chi connectivity index (χ1n) is 7.83. The van der Waals surface area contributed by atoms with Crippen LogP contribution in [0.1, 0.15) is 12.6 Å². The van der Waals surface area contributed by atoms with E-state index in [0.717, 1.165) is 23.5 Å². The minimum absolute atomic E-state index is 0.255. The van der Waals surface area contributed by atoms with Gasteiger partial charge in [0.1, 0.15) is 0 Å². The molecule has 0 N–H and O–H groups in total. The minimum atomic E-state index is -2.30. The number of hydrogen-bond acceptors (Lipinski definition) is 5. The average molecular weight is 347 g/mol. The molecule has 24 heavy (non-hydrogen) atoms. The van der Waals surface area contributed by atoms with Crippen LogP contribution in [0.4, 0.5) is 11.5 Å². The maximum atomic E-state index is 12.1. The molecule has 0 amide bonds. The lowest BCUT2D eigenvalue weighted by Gasteiger charge is -2.35. The molecule has 1 aliphatic rings. The molecule has 1 aliphatic heterocycles. The lowest BCUT2D eigenvalue weighted by Crippen LogP contribution is -2.43. The number of nitrogens with zero attached hydrogens (tertiary/aromatic N) is 3. The van der Waals surface area contributed by atoms with E-state index >= 15 is 0 Å². The van der Waals surface area contributed by atoms with Gasteiger partial charge in [-0.3, -0.25) is 0 Å². The monoisotopic (exact) mass is 347 g/mol. The van der Waals surface area contributed by atoms with Crippen LogP contribution < -0.4 is 4.90 Å². The maximum Gasteiger partial charge on any atom is 0.164 e. The first-order valence-corrected chi connectivity index (χ1v) is 10.2. The molecule has 0 unspecified atom stereocenters. The number of pyridine rings is 1. The molecule has 2 rings (SSSR count). The zero-order chi connectivity index (χ0) is 17.7. The van der Waals surface area contributed by atoms with E-state index in [1.54, 1.807) is 24.7 Å². The number of hydrogen-bond donors (Lipinski definition) is 0. The Morgan fingerprint density at radius 3 is 2.79 bits per heavy atom. The molecular weight excluding hydrogens is 322 g/mol. The Labute approximate surface area is 144 Å². The summed E-state index contributed by atoms with van der Waals surface area (Å²) in [4.78, 5) is 6.80. The van der Waals surface area contributed by atoms with E-state index in [-0.39, 0.29) is 6.04 Å². The first kappa shape index (κ1) is 18.4. The van der Waals surface area contributed by atoms with E-state index in [0.29, 0.717) is 19.0 Å². The van der Waals surface area contributed by atoms with Crippen LogP contribution in [-0.4, -0.2) is 47.5 Å². The summed E-state index contributed by atoms with van der Waals surface area (Å²) in [5.74, 6) is 0.466. The molecule has 1 fully saturated rings. The molecule has 5 nitrogen and oxygen atoms in total. The van der Waals surface area contributed by atoms with Crippen molar-refractivity contribution in [3.8, 4) is 0 Å². The van der Waals surface area contributed by atoms with Crippen molar-refractivity contribution in [1.29, 1.82) is 0 Å². The van der Waals surface area contributed by atoms with Gasteiger partial charge in [0.15, 0.2) is 5.82 Å². The van der Waals surface area contributed by atoms with E-state index < -0.39 is 9.73 Å². The van der Waals surface area contributed by atoms with Crippen molar-refractivity contribution in [2.45, 2.75) is 13.0 Å². The van der Waals surface area contributed by atoms with Gasteiger partial charge in [-0.15, -0.1) is 0 Å². The maximum absolute atomic E-state index is 12.1. The summed E-state index contributed by atoms with van der Waals surface area (Å²) in [5.41, 5.74) is 2.58. The van der Waals surface area contributed by atoms with Crippen LogP contribution in [0, 0.1) is 0 Å². The number of ether oxygens (including phenoxy) is 1. The van der Waals surface area contributed by atoms with Crippen molar-refractivity contribution in [1.82, 2.24) is 4.98 Å². The summed E-state index contributed by atoms with van der Waals surface area (Å²) >= 11 is 0. The zero-order valence-electron chi connectivity index (χ0n) is 14.6. The van der Waals surface area contributed by atoms with E-state index in [1.807, 2.05) is 18.2 Å². The van der Waals surface area contributed by atoms with E-state index in [1.165, 1.54) is 0 Å². The van der Waals surface area contributed by atoms with Crippen molar-refractivity contribution in [3.63, 3.8) is 0 Å². The Morgan fingerprint density at radius 1 is 1.46 bits per heavy atom. The zero-order valence-corrected chi connectivity index (χ0v) is 15.4. The second-order valence-electron chi connectivity index (χ2n) is 6.02. The second kappa shape index (κ2) is 7.77. The average Bonchev–Trinajstić information content (AvgIpc) is 2.51. The van der Waals surface area contributed by atoms with Crippen molar-refractivity contribution in [2.75, 3.05) is 37.2 Å². The fraction of sp³-hybridized carbons (Fsp3) is 0.389. The highest BCUT2D eigenvalue weighted by atomic mass is 32.2. The number of rotatable bonds is 5. The quantitative estimate of drug-likeness (QED) is 0.766. The van der Waals surface area contributed by atoms with Gasteiger partial charge < -0.3 is 9.64 Å². The Kier molecular flexibility index (Phi) is 5.96. The van der Waals surface area contributed by atoms with Gasteiger partial charge in [-0.05, 0) is 18.6 Å². The molecule has 0 radical (unpaired) electrons. The molecule has 130 valence electrons. The summed E-state index contributed by atoms with van der Waals surface area (Å²) in [6.45, 7) is 11.9. The van der Waals surface area contributed by atoms with Gasteiger partial charge in [0, 0.05) is 46.6 Å². The number of allylic oxidation sites excluding steroid dienone is 4. The predicted octanol–water partition coefficient (Wildman–Crippen LogP) is 3.42. The summed E-state index contributed by atoms with van der Waals surface area (Å²) in [6.07, 6.45) is 8.48. The molecule has 1 aromatic heterocycles. The molecule has 0 aromatic carbocycles. The molecule has 0 aliphatic carbocycles. The molecule has 1 atom stereocenters. The van der Waals surface area contributed by atoms with Crippen LogP contribution in [0.3, 0.4) is 0 Å². The van der Waals surface area contributed by atoms with E-state index in [4.69, 9.17) is 4.74 Å². The lowest BCUT2D eigenvalue weighted by atomic mass is 10.1. The van der Waals surface area contributed by atoms with Gasteiger partial charge in [-0.2, -0.15) is 4.36 Å². The Bertz CT molecular complexity index is 768. The van der Waals surface area contributed by atoms with Crippen LogP contribution >= 0.6 is 0 Å². The van der Waals surface area contributed by atoms with Crippen molar-refractivity contribution < 1.29 is 8.95 Å². The second-order valence-corrected chi connectivity index (χ2v) is 8.57. The molecule has 0 spiro atoms. The normalized spacial score (nSPS) is 19.0. The highest BCUT2D eigenvalue weighted by Crippen LogP contribution is 2.28. The number of aromatic nitrogens is 1. The molecular formula is C18H25N3O2S. The van der Waals surface area contributed by atoms with Gasteiger partial charge in [-0.1, -0.05) is 31.4 Å². The summed E-state index contributed by atoms with van der Waals surface area (Å²) < 4.78 is 21.9. The molecule has 0 saturated carbocycles. The Morgan fingerprint density at radius 2 is 2.21 bits per heavy atom. The fourth-order valence-corrected chi connectivity index (χ4v) is 3.13. The van der Waals surface area contributed by atoms with Crippen molar-refractivity contribution in [2.24, 2.45) is 4.36 Å². The Balaban J connectivity index is 2.59. The molecule has 2 heterocycles. The smallest absolute Gasteiger partial charge is 0.164 e. The Hall–Kier alpha value is -1.92. The summed E-state index contributed by atoms with van der Waals surface area (Å²) in [7, 11) is -2.30. The predicted molar refractivity (Wildman–Crippen MR) is 102 cm³/mol. The third-order valence-electron chi connectivity index (χ3n) is 3.62. The van der Waals surface area contributed by atoms with Gasteiger partial charge in [0.25, 0.3) is 0 Å². The van der Waals surface area contributed by atoms with Crippen LogP contribution in [0.25, 0.3) is 5.57 Å². The van der Waals surface area contributed by atoms with Gasteiger partial charge in [0.05, 0.1) is 18.9 Å². The topological polar surface area (TPSA) is 54.8 Å². The van der Waals surface area contributed by atoms with Crippen LogP contribution in [0.2, 0.25) is 0 Å². The SMILES string of the molecule is C=C/C=C(\C=C)c1cc(N2CCOC[C@H]2C)cc(N=S(C)(C)=O)n1. The summed E-state index contributed by atoms with van der Waals surface area (Å²) in [6, 6.07) is 4.14. The largest absolute Gasteiger partial charge is 0.377 e. The third kappa shape index (κ3) is 4.79. The van der Waals surface area contributed by atoms with Gasteiger partial charge in [0.2, 0.25) is 0 Å². The fourth-order valence-electron chi connectivity index (χ4n) is 2.58. The highest BCUT2D eigenvalue weighted by Gasteiger charge is 2.20. The third-order valence-corrected chi connectivity index (χ3v) is 4.25. The molecule has 1 saturated heterocycles. The first-order chi connectivity index (χ1) is 11.3.